The first-order valence-electron chi connectivity index (χ1n) is 4.77. The number of hydrogen-bond acceptors (Lipinski definition) is 1. The third kappa shape index (κ3) is 2.49. The number of nitrogens with zero attached hydrogens (tertiary/aromatic N) is 1. The first kappa shape index (κ1) is 12.1. The molecule has 0 saturated heterocycles. The average Bonchev–Trinajstić information content (AvgIpc) is 2.32. The second-order valence-electron chi connectivity index (χ2n) is 3.43. The van der Waals surface area contributed by atoms with Gasteiger partial charge in [0, 0.05) is 10.0 Å². The number of halogens is 3. The molecule has 2 aromatic carbocycles. The Balaban J connectivity index is 2.58. The molecule has 84 valence electrons. The van der Waals surface area contributed by atoms with Crippen LogP contribution in [0.2, 0.25) is 5.02 Å². The van der Waals surface area contributed by atoms with Crippen molar-refractivity contribution in [2.75, 3.05) is 0 Å². The number of benzene rings is 2. The molecule has 0 aromatic heterocycles. The van der Waals surface area contributed by atoms with Crippen LogP contribution in [0, 0.1) is 17.1 Å². The van der Waals surface area contributed by atoms with Crippen molar-refractivity contribution in [1.29, 1.82) is 5.26 Å². The summed E-state index contributed by atoms with van der Waals surface area (Å²) in [6.07, 6.45) is 0. The number of hydrogen-bond donors (Lipinski definition) is 0. The van der Waals surface area contributed by atoms with Crippen LogP contribution in [0.4, 0.5) is 4.39 Å². The molecular weight excluding hydrogens is 305 g/mol. The highest BCUT2D eigenvalue weighted by Gasteiger charge is 2.08. The van der Waals surface area contributed by atoms with E-state index in [2.05, 4.69) is 15.9 Å². The fourth-order valence-electron chi connectivity index (χ4n) is 1.49. The van der Waals surface area contributed by atoms with Crippen molar-refractivity contribution in [3.05, 3.63) is 57.3 Å². The van der Waals surface area contributed by atoms with E-state index >= 15 is 0 Å². The van der Waals surface area contributed by atoms with Crippen molar-refractivity contribution >= 4 is 27.5 Å². The van der Waals surface area contributed by atoms with Crippen LogP contribution in [0.25, 0.3) is 11.1 Å². The Bertz CT molecular complexity index is 619. The predicted octanol–water partition coefficient (Wildman–Crippen LogP) is 4.78. The third-order valence-corrected chi connectivity index (χ3v) is 3.13. The lowest BCUT2D eigenvalue weighted by Gasteiger charge is -2.05. The van der Waals surface area contributed by atoms with E-state index in [1.807, 2.05) is 6.07 Å². The summed E-state index contributed by atoms with van der Waals surface area (Å²) < 4.78 is 14.4. The van der Waals surface area contributed by atoms with Gasteiger partial charge in [-0.1, -0.05) is 33.6 Å². The van der Waals surface area contributed by atoms with Gasteiger partial charge >= 0.3 is 0 Å². The van der Waals surface area contributed by atoms with E-state index in [-0.39, 0.29) is 5.82 Å². The number of rotatable bonds is 1. The predicted molar refractivity (Wildman–Crippen MR) is 69.3 cm³/mol. The highest BCUT2D eigenvalue weighted by Crippen LogP contribution is 2.29. The van der Waals surface area contributed by atoms with E-state index in [0.29, 0.717) is 21.7 Å². The van der Waals surface area contributed by atoms with Crippen molar-refractivity contribution < 1.29 is 4.39 Å². The Morgan fingerprint density at radius 1 is 1.18 bits per heavy atom. The van der Waals surface area contributed by atoms with Crippen LogP contribution in [-0.2, 0) is 0 Å². The first-order chi connectivity index (χ1) is 8.11. The highest BCUT2D eigenvalue weighted by molar-refractivity contribution is 9.10. The minimum absolute atomic E-state index is 0.323. The molecule has 0 atom stereocenters. The smallest absolute Gasteiger partial charge is 0.131 e. The second-order valence-corrected chi connectivity index (χ2v) is 4.75. The molecule has 0 radical (unpaired) electrons. The molecule has 1 nitrogen and oxygen atoms in total. The van der Waals surface area contributed by atoms with Crippen LogP contribution in [-0.4, -0.2) is 0 Å². The normalized spacial score (nSPS) is 10.0. The van der Waals surface area contributed by atoms with Gasteiger partial charge in [0.1, 0.15) is 11.9 Å². The van der Waals surface area contributed by atoms with Crippen molar-refractivity contribution in [3.8, 4) is 17.2 Å². The largest absolute Gasteiger partial charge is 0.206 e. The molecular formula is C13H6BrClFN. The lowest BCUT2D eigenvalue weighted by Crippen LogP contribution is -1.86. The van der Waals surface area contributed by atoms with Crippen LogP contribution in [0.3, 0.4) is 0 Å². The van der Waals surface area contributed by atoms with Crippen molar-refractivity contribution in [2.24, 2.45) is 0 Å². The molecule has 0 amide bonds. The van der Waals surface area contributed by atoms with Crippen LogP contribution < -0.4 is 0 Å². The second kappa shape index (κ2) is 4.87. The zero-order valence-electron chi connectivity index (χ0n) is 8.55. The number of nitriles is 1. The molecule has 2 aromatic rings. The van der Waals surface area contributed by atoms with E-state index in [4.69, 9.17) is 16.9 Å². The molecule has 0 fully saturated rings. The molecule has 0 bridgehead atoms. The molecule has 0 N–H and O–H groups in total. The van der Waals surface area contributed by atoms with Gasteiger partial charge in [0.25, 0.3) is 0 Å². The SMILES string of the molecule is N#Cc1ccc(-c2cc(Br)ccc2F)cc1Cl. The van der Waals surface area contributed by atoms with Crippen molar-refractivity contribution in [2.45, 2.75) is 0 Å². The maximum absolute atomic E-state index is 13.6. The Labute approximate surface area is 112 Å². The minimum Gasteiger partial charge on any atom is -0.206 e. The summed E-state index contributed by atoms with van der Waals surface area (Å²) in [4.78, 5) is 0. The van der Waals surface area contributed by atoms with Gasteiger partial charge in [-0.15, -0.1) is 0 Å². The lowest BCUT2D eigenvalue weighted by molar-refractivity contribution is 0.631. The topological polar surface area (TPSA) is 23.8 Å². The van der Waals surface area contributed by atoms with Crippen LogP contribution >= 0.6 is 27.5 Å². The van der Waals surface area contributed by atoms with Crippen LogP contribution in [0.15, 0.2) is 40.9 Å². The Morgan fingerprint density at radius 3 is 2.59 bits per heavy atom. The van der Waals surface area contributed by atoms with E-state index in [0.717, 1.165) is 4.47 Å². The molecule has 2 rings (SSSR count). The molecule has 0 saturated carbocycles. The third-order valence-electron chi connectivity index (χ3n) is 2.33. The Hall–Kier alpha value is -1.37. The standard InChI is InChI=1S/C13H6BrClFN/c14-10-3-4-13(16)11(6-10)8-1-2-9(7-17)12(15)5-8/h1-6H. The van der Waals surface area contributed by atoms with Crippen molar-refractivity contribution in [3.63, 3.8) is 0 Å². The van der Waals surface area contributed by atoms with E-state index in [9.17, 15) is 4.39 Å². The van der Waals surface area contributed by atoms with Crippen molar-refractivity contribution in [1.82, 2.24) is 0 Å². The summed E-state index contributed by atoms with van der Waals surface area (Å²) >= 11 is 9.20. The zero-order valence-corrected chi connectivity index (χ0v) is 10.9. The minimum atomic E-state index is -0.325. The van der Waals surface area contributed by atoms with Gasteiger partial charge in [0.05, 0.1) is 10.6 Å². The van der Waals surface area contributed by atoms with Crippen LogP contribution in [0.1, 0.15) is 5.56 Å². The van der Waals surface area contributed by atoms with E-state index < -0.39 is 0 Å². The van der Waals surface area contributed by atoms with E-state index in [1.165, 1.54) is 6.07 Å². The molecule has 0 aliphatic heterocycles. The Kier molecular flexibility index (Phi) is 3.46. The van der Waals surface area contributed by atoms with E-state index in [1.54, 1.807) is 30.3 Å². The summed E-state index contributed by atoms with van der Waals surface area (Å²) in [5.41, 5.74) is 1.48. The molecule has 17 heavy (non-hydrogen) atoms. The Morgan fingerprint density at radius 2 is 1.94 bits per heavy atom. The monoisotopic (exact) mass is 309 g/mol. The fraction of sp³-hybridized carbons (Fsp3) is 0. The summed E-state index contributed by atoms with van der Waals surface area (Å²) in [5.74, 6) is -0.325. The maximum atomic E-state index is 13.6. The van der Waals surface area contributed by atoms with Crippen LogP contribution in [0.5, 0.6) is 0 Å². The van der Waals surface area contributed by atoms with Gasteiger partial charge in [0.2, 0.25) is 0 Å². The van der Waals surface area contributed by atoms with Gasteiger partial charge in [-0.3, -0.25) is 0 Å². The van der Waals surface area contributed by atoms with Gasteiger partial charge in [0.15, 0.2) is 0 Å². The fourth-order valence-corrected chi connectivity index (χ4v) is 2.08. The lowest BCUT2D eigenvalue weighted by atomic mass is 10.0. The first-order valence-corrected chi connectivity index (χ1v) is 5.94. The van der Waals surface area contributed by atoms with Gasteiger partial charge in [-0.2, -0.15) is 5.26 Å². The summed E-state index contributed by atoms with van der Waals surface area (Å²) in [5, 5.41) is 9.09. The molecule has 0 aliphatic rings. The van der Waals surface area contributed by atoms with Gasteiger partial charge < -0.3 is 0 Å². The molecule has 0 aliphatic carbocycles. The quantitative estimate of drug-likeness (QED) is 0.743. The van der Waals surface area contributed by atoms with Gasteiger partial charge in [-0.25, -0.2) is 4.39 Å². The summed E-state index contributed by atoms with van der Waals surface area (Å²) in [7, 11) is 0. The molecule has 0 unspecified atom stereocenters. The van der Waals surface area contributed by atoms with Gasteiger partial charge in [-0.05, 0) is 35.9 Å². The maximum Gasteiger partial charge on any atom is 0.131 e. The highest BCUT2D eigenvalue weighted by atomic mass is 79.9. The molecule has 0 heterocycles. The summed E-state index contributed by atoms with van der Waals surface area (Å²) in [6.45, 7) is 0. The zero-order chi connectivity index (χ0) is 12.4. The molecule has 4 heteroatoms. The average molecular weight is 311 g/mol. The summed E-state index contributed by atoms with van der Waals surface area (Å²) in [6, 6.07) is 11.5. The molecule has 0 spiro atoms.